The Labute approximate surface area is 94.4 Å². The van der Waals surface area contributed by atoms with E-state index in [9.17, 15) is 8.78 Å². The highest BCUT2D eigenvalue weighted by Gasteiger charge is 2.10. The summed E-state index contributed by atoms with van der Waals surface area (Å²) in [7, 11) is 1.62. The lowest BCUT2D eigenvalue weighted by Gasteiger charge is -2.16. The standard InChI is InChI=1S/C12H17F2NO/c1-8(16-2)5-10(15)6-9-3-4-11(13)12(14)7-9/h3-4,7-8,10H,5-6,15H2,1-2H3. The van der Waals surface area contributed by atoms with Crippen molar-refractivity contribution < 1.29 is 13.5 Å². The first kappa shape index (κ1) is 13.1. The Balaban J connectivity index is 2.56. The van der Waals surface area contributed by atoms with E-state index < -0.39 is 11.6 Å². The van der Waals surface area contributed by atoms with Crippen molar-refractivity contribution in [3.8, 4) is 0 Å². The van der Waals surface area contributed by atoms with Gasteiger partial charge in [0.1, 0.15) is 0 Å². The summed E-state index contributed by atoms with van der Waals surface area (Å²) >= 11 is 0. The fourth-order valence-electron chi connectivity index (χ4n) is 1.58. The zero-order valence-corrected chi connectivity index (χ0v) is 9.54. The largest absolute Gasteiger partial charge is 0.382 e. The smallest absolute Gasteiger partial charge is 0.159 e. The van der Waals surface area contributed by atoms with Gasteiger partial charge in [-0.2, -0.15) is 0 Å². The molecular formula is C12H17F2NO. The molecule has 0 radical (unpaired) electrons. The Morgan fingerprint density at radius 1 is 1.31 bits per heavy atom. The highest BCUT2D eigenvalue weighted by atomic mass is 19.2. The van der Waals surface area contributed by atoms with Crippen LogP contribution in [0.3, 0.4) is 0 Å². The summed E-state index contributed by atoms with van der Waals surface area (Å²) in [5.41, 5.74) is 6.58. The third-order valence-electron chi connectivity index (χ3n) is 2.52. The molecule has 0 spiro atoms. The Hall–Kier alpha value is -1.00. The molecule has 0 heterocycles. The number of nitrogens with two attached hydrogens (primary N) is 1. The van der Waals surface area contributed by atoms with Crippen molar-refractivity contribution in [1.82, 2.24) is 0 Å². The van der Waals surface area contributed by atoms with E-state index in [1.165, 1.54) is 6.07 Å². The Bertz CT molecular complexity index is 344. The summed E-state index contributed by atoms with van der Waals surface area (Å²) in [6, 6.07) is 3.75. The van der Waals surface area contributed by atoms with Crippen LogP contribution in [0.15, 0.2) is 18.2 Å². The minimum atomic E-state index is -0.831. The molecule has 1 aromatic rings. The molecule has 0 aliphatic rings. The molecule has 0 aromatic heterocycles. The van der Waals surface area contributed by atoms with Crippen LogP contribution in [0.5, 0.6) is 0 Å². The van der Waals surface area contributed by atoms with Crippen molar-refractivity contribution in [1.29, 1.82) is 0 Å². The van der Waals surface area contributed by atoms with E-state index in [4.69, 9.17) is 10.5 Å². The summed E-state index contributed by atoms with van der Waals surface area (Å²) in [5.74, 6) is -1.66. The van der Waals surface area contributed by atoms with Gasteiger partial charge in [-0.1, -0.05) is 6.07 Å². The molecule has 2 nitrogen and oxygen atoms in total. The number of ether oxygens (including phenoxy) is 1. The Morgan fingerprint density at radius 3 is 2.56 bits per heavy atom. The van der Waals surface area contributed by atoms with E-state index >= 15 is 0 Å². The van der Waals surface area contributed by atoms with E-state index in [1.54, 1.807) is 13.2 Å². The van der Waals surface area contributed by atoms with Crippen LogP contribution in [-0.2, 0) is 11.2 Å². The average Bonchev–Trinajstić information content (AvgIpc) is 2.23. The zero-order chi connectivity index (χ0) is 12.1. The van der Waals surface area contributed by atoms with Crippen molar-refractivity contribution in [2.45, 2.75) is 31.9 Å². The van der Waals surface area contributed by atoms with Crippen molar-refractivity contribution in [3.05, 3.63) is 35.4 Å². The first-order valence-electron chi connectivity index (χ1n) is 5.25. The van der Waals surface area contributed by atoms with E-state index in [0.717, 1.165) is 6.07 Å². The zero-order valence-electron chi connectivity index (χ0n) is 9.54. The molecule has 0 aliphatic heterocycles. The summed E-state index contributed by atoms with van der Waals surface area (Å²) in [5, 5.41) is 0. The second-order valence-electron chi connectivity index (χ2n) is 3.99. The van der Waals surface area contributed by atoms with Gasteiger partial charge in [0.05, 0.1) is 6.10 Å². The van der Waals surface area contributed by atoms with Crippen LogP contribution in [0, 0.1) is 11.6 Å². The van der Waals surface area contributed by atoms with Crippen LogP contribution >= 0.6 is 0 Å². The number of halogens is 2. The van der Waals surface area contributed by atoms with E-state index in [0.29, 0.717) is 18.4 Å². The van der Waals surface area contributed by atoms with Gasteiger partial charge in [-0.15, -0.1) is 0 Å². The highest BCUT2D eigenvalue weighted by molar-refractivity contribution is 5.18. The maximum absolute atomic E-state index is 12.9. The molecule has 1 aromatic carbocycles. The number of hydrogen-bond acceptors (Lipinski definition) is 2. The lowest BCUT2D eigenvalue weighted by atomic mass is 10.0. The van der Waals surface area contributed by atoms with Gasteiger partial charge in [-0.3, -0.25) is 0 Å². The molecule has 1 rings (SSSR count). The average molecular weight is 229 g/mol. The summed E-state index contributed by atoms with van der Waals surface area (Å²) in [6.07, 6.45) is 1.28. The minimum Gasteiger partial charge on any atom is -0.382 e. The highest BCUT2D eigenvalue weighted by Crippen LogP contribution is 2.12. The summed E-state index contributed by atoms with van der Waals surface area (Å²) in [6.45, 7) is 1.92. The number of rotatable bonds is 5. The first-order valence-corrected chi connectivity index (χ1v) is 5.25. The van der Waals surface area contributed by atoms with Crippen molar-refractivity contribution >= 4 is 0 Å². The number of benzene rings is 1. The van der Waals surface area contributed by atoms with Crippen molar-refractivity contribution in [2.24, 2.45) is 5.73 Å². The van der Waals surface area contributed by atoms with Crippen LogP contribution in [0.25, 0.3) is 0 Å². The van der Waals surface area contributed by atoms with Gasteiger partial charge >= 0.3 is 0 Å². The second kappa shape index (κ2) is 5.92. The SMILES string of the molecule is COC(C)CC(N)Cc1ccc(F)c(F)c1. The van der Waals surface area contributed by atoms with E-state index in [-0.39, 0.29) is 12.1 Å². The molecule has 0 saturated carbocycles. The fraction of sp³-hybridized carbons (Fsp3) is 0.500. The molecule has 0 bridgehead atoms. The molecule has 2 unspecified atom stereocenters. The van der Waals surface area contributed by atoms with Gasteiger partial charge in [0.2, 0.25) is 0 Å². The third kappa shape index (κ3) is 3.87. The Kier molecular flexibility index (Phi) is 4.83. The van der Waals surface area contributed by atoms with Gasteiger partial charge in [0, 0.05) is 13.2 Å². The number of hydrogen-bond donors (Lipinski definition) is 1. The molecule has 4 heteroatoms. The van der Waals surface area contributed by atoms with Crippen LogP contribution in [0.4, 0.5) is 8.78 Å². The van der Waals surface area contributed by atoms with Gasteiger partial charge in [0.15, 0.2) is 11.6 Å². The maximum Gasteiger partial charge on any atom is 0.159 e. The quantitative estimate of drug-likeness (QED) is 0.840. The lowest BCUT2D eigenvalue weighted by molar-refractivity contribution is 0.104. The monoisotopic (exact) mass is 229 g/mol. The molecule has 16 heavy (non-hydrogen) atoms. The first-order chi connectivity index (χ1) is 7.52. The molecule has 2 atom stereocenters. The van der Waals surface area contributed by atoms with Crippen LogP contribution in [0.1, 0.15) is 18.9 Å². The third-order valence-corrected chi connectivity index (χ3v) is 2.52. The van der Waals surface area contributed by atoms with Gasteiger partial charge in [-0.05, 0) is 37.5 Å². The fourth-order valence-corrected chi connectivity index (χ4v) is 1.58. The number of methoxy groups -OCH3 is 1. The molecule has 0 saturated heterocycles. The van der Waals surface area contributed by atoms with Crippen LogP contribution < -0.4 is 5.73 Å². The normalized spacial score (nSPS) is 14.8. The predicted octanol–water partition coefficient (Wildman–Crippen LogP) is 2.26. The molecule has 0 fully saturated rings. The van der Waals surface area contributed by atoms with Crippen molar-refractivity contribution in [2.75, 3.05) is 7.11 Å². The van der Waals surface area contributed by atoms with Crippen LogP contribution in [0.2, 0.25) is 0 Å². The Morgan fingerprint density at radius 2 is 2.00 bits per heavy atom. The molecule has 0 amide bonds. The van der Waals surface area contributed by atoms with Crippen molar-refractivity contribution in [3.63, 3.8) is 0 Å². The molecule has 90 valence electrons. The maximum atomic E-state index is 12.9. The summed E-state index contributed by atoms with van der Waals surface area (Å²) in [4.78, 5) is 0. The van der Waals surface area contributed by atoms with Gasteiger partial charge in [-0.25, -0.2) is 8.78 Å². The van der Waals surface area contributed by atoms with Crippen LogP contribution in [-0.4, -0.2) is 19.3 Å². The topological polar surface area (TPSA) is 35.2 Å². The molecular weight excluding hydrogens is 212 g/mol. The van der Waals surface area contributed by atoms with E-state index in [1.807, 2.05) is 6.92 Å². The van der Waals surface area contributed by atoms with Gasteiger partial charge in [0.25, 0.3) is 0 Å². The molecule has 0 aliphatic carbocycles. The predicted molar refractivity (Wildman–Crippen MR) is 59.1 cm³/mol. The van der Waals surface area contributed by atoms with E-state index in [2.05, 4.69) is 0 Å². The molecule has 2 N–H and O–H groups in total. The summed E-state index contributed by atoms with van der Waals surface area (Å²) < 4.78 is 30.7. The van der Waals surface area contributed by atoms with Gasteiger partial charge < -0.3 is 10.5 Å². The second-order valence-corrected chi connectivity index (χ2v) is 3.99. The minimum absolute atomic E-state index is 0.0697. The lowest BCUT2D eigenvalue weighted by Crippen LogP contribution is -2.28.